The van der Waals surface area contributed by atoms with Crippen molar-refractivity contribution in [3.63, 3.8) is 0 Å². The lowest BCUT2D eigenvalue weighted by Crippen LogP contribution is -2.46. The van der Waals surface area contributed by atoms with Crippen LogP contribution >= 0.6 is 15.9 Å². The number of carbonyl (C=O) groups excluding carboxylic acids is 1. The molecule has 3 N–H and O–H groups in total. The minimum absolute atomic E-state index is 0.0733. The molecule has 0 radical (unpaired) electrons. The maximum absolute atomic E-state index is 13.1. The highest BCUT2D eigenvalue weighted by molar-refractivity contribution is 9.10. The van der Waals surface area contributed by atoms with Crippen molar-refractivity contribution >= 4 is 27.6 Å². The molecule has 4 rings (SSSR count). The number of fused-ring (bicyclic) bond motifs is 1. The lowest BCUT2D eigenvalue weighted by atomic mass is 9.86. The van der Waals surface area contributed by atoms with Gasteiger partial charge in [-0.1, -0.05) is 28.1 Å². The second kappa shape index (κ2) is 11.8. The first kappa shape index (κ1) is 26.7. The molecule has 3 aromatic carbocycles. The summed E-state index contributed by atoms with van der Waals surface area (Å²) in [5, 5.41) is 2.98. The van der Waals surface area contributed by atoms with E-state index in [4.69, 9.17) is 19.9 Å². The van der Waals surface area contributed by atoms with Crippen LogP contribution in [-0.2, 0) is 12.8 Å². The van der Waals surface area contributed by atoms with Crippen LogP contribution in [0.3, 0.4) is 0 Å². The third-order valence-corrected chi connectivity index (χ3v) is 7.20. The Morgan fingerprint density at radius 2 is 1.84 bits per heavy atom. The molecule has 0 aliphatic carbocycles. The highest BCUT2D eigenvalue weighted by atomic mass is 79.9. The molecule has 1 atom stereocenters. The van der Waals surface area contributed by atoms with Crippen molar-refractivity contribution in [1.82, 2.24) is 10.2 Å². The molecule has 37 heavy (non-hydrogen) atoms. The second-order valence-electron chi connectivity index (χ2n) is 9.06. The maximum Gasteiger partial charge on any atom is 0.318 e. The van der Waals surface area contributed by atoms with E-state index >= 15 is 0 Å². The van der Waals surface area contributed by atoms with Gasteiger partial charge < -0.3 is 30.2 Å². The Balaban J connectivity index is 1.67. The summed E-state index contributed by atoms with van der Waals surface area (Å²) in [6, 6.07) is 15.7. The van der Waals surface area contributed by atoms with Crippen molar-refractivity contribution in [2.24, 2.45) is 0 Å². The van der Waals surface area contributed by atoms with E-state index in [1.54, 1.807) is 14.2 Å². The zero-order chi connectivity index (χ0) is 26.5. The molecular formula is C29H34BrN3O4. The molecule has 0 aromatic heterocycles. The Morgan fingerprint density at radius 1 is 1.05 bits per heavy atom. The topological polar surface area (TPSA) is 86.1 Å². The highest BCUT2D eigenvalue weighted by Gasteiger charge is 2.34. The van der Waals surface area contributed by atoms with Gasteiger partial charge in [-0.05, 0) is 84.5 Å². The van der Waals surface area contributed by atoms with Gasteiger partial charge in [-0.15, -0.1) is 0 Å². The van der Waals surface area contributed by atoms with Crippen LogP contribution in [0.1, 0.15) is 40.8 Å². The van der Waals surface area contributed by atoms with E-state index in [0.29, 0.717) is 49.1 Å². The number of hydrogen-bond donors (Lipinski definition) is 2. The molecular weight excluding hydrogens is 534 g/mol. The Morgan fingerprint density at radius 3 is 2.51 bits per heavy atom. The smallest absolute Gasteiger partial charge is 0.318 e. The van der Waals surface area contributed by atoms with Gasteiger partial charge >= 0.3 is 6.03 Å². The lowest BCUT2D eigenvalue weighted by molar-refractivity contribution is 0.180. The molecule has 0 spiro atoms. The number of nitrogen functional groups attached to an aromatic ring is 1. The fourth-order valence-corrected chi connectivity index (χ4v) is 5.35. The molecule has 0 saturated heterocycles. The van der Waals surface area contributed by atoms with E-state index in [9.17, 15) is 4.79 Å². The standard InChI is InChI=1S/C29H34BrN3O4/c1-5-32-29(34)33-12-10-20-16-26(36-4)27(37-13-11-19-6-9-25(35-3)24(31)15-19)17-23(20)28(33)22-8-7-21(30)14-18(22)2/h6-9,14-17,28H,5,10-13,31H2,1-4H3,(H,32,34). The van der Waals surface area contributed by atoms with E-state index in [-0.39, 0.29) is 12.1 Å². The number of hydrogen-bond acceptors (Lipinski definition) is 5. The summed E-state index contributed by atoms with van der Waals surface area (Å²) in [4.78, 5) is 15.0. The van der Waals surface area contributed by atoms with Crippen LogP contribution < -0.4 is 25.3 Å². The molecule has 196 valence electrons. The Labute approximate surface area is 227 Å². The average molecular weight is 569 g/mol. The normalized spacial score (nSPS) is 14.6. The molecule has 3 aromatic rings. The van der Waals surface area contributed by atoms with E-state index in [1.165, 1.54) is 0 Å². The Hall–Kier alpha value is -3.39. The van der Waals surface area contributed by atoms with Crippen molar-refractivity contribution < 1.29 is 19.0 Å². The largest absolute Gasteiger partial charge is 0.495 e. The predicted molar refractivity (Wildman–Crippen MR) is 150 cm³/mol. The number of benzene rings is 3. The number of nitrogens with one attached hydrogen (secondary N) is 1. The zero-order valence-corrected chi connectivity index (χ0v) is 23.4. The summed E-state index contributed by atoms with van der Waals surface area (Å²) >= 11 is 3.57. The first-order valence-electron chi connectivity index (χ1n) is 12.4. The predicted octanol–water partition coefficient (Wildman–Crippen LogP) is 5.66. The fraction of sp³-hybridized carbons (Fsp3) is 0.345. The van der Waals surface area contributed by atoms with Gasteiger partial charge in [0.1, 0.15) is 5.75 Å². The molecule has 1 heterocycles. The first-order valence-corrected chi connectivity index (χ1v) is 13.2. The summed E-state index contributed by atoms with van der Waals surface area (Å²) in [6.45, 7) is 5.64. The number of ether oxygens (including phenoxy) is 3. The van der Waals surface area contributed by atoms with Crippen molar-refractivity contribution in [2.75, 3.05) is 39.6 Å². The third kappa shape index (κ3) is 5.80. The van der Waals surface area contributed by atoms with E-state index < -0.39 is 0 Å². The van der Waals surface area contributed by atoms with Crippen LogP contribution in [0.15, 0.2) is 53.0 Å². The number of nitrogens with zero attached hydrogens (tertiary/aromatic N) is 1. The first-order chi connectivity index (χ1) is 17.9. The van der Waals surface area contributed by atoms with Crippen LogP contribution in [0, 0.1) is 6.92 Å². The molecule has 0 fully saturated rings. The van der Waals surface area contributed by atoms with E-state index in [0.717, 1.165) is 38.7 Å². The summed E-state index contributed by atoms with van der Waals surface area (Å²) in [6.07, 6.45) is 1.41. The number of amides is 2. The number of nitrogens with two attached hydrogens (primary N) is 1. The van der Waals surface area contributed by atoms with Gasteiger partial charge in [0.15, 0.2) is 11.5 Å². The summed E-state index contributed by atoms with van der Waals surface area (Å²) < 4.78 is 18.2. The van der Waals surface area contributed by atoms with Gasteiger partial charge in [-0.25, -0.2) is 4.79 Å². The molecule has 0 bridgehead atoms. The van der Waals surface area contributed by atoms with Gasteiger partial charge in [0.25, 0.3) is 0 Å². The number of rotatable bonds is 8. The SMILES string of the molecule is CCNC(=O)N1CCc2cc(OC)c(OCCc3ccc(OC)c(N)c3)cc2C1c1ccc(Br)cc1C. The highest BCUT2D eigenvalue weighted by Crippen LogP contribution is 2.42. The Kier molecular flexibility index (Phi) is 8.48. The molecule has 1 aliphatic rings. The fourth-order valence-electron chi connectivity index (χ4n) is 4.87. The van der Waals surface area contributed by atoms with E-state index in [2.05, 4.69) is 40.3 Å². The van der Waals surface area contributed by atoms with Crippen LogP contribution in [0.2, 0.25) is 0 Å². The van der Waals surface area contributed by atoms with Crippen LogP contribution in [0.5, 0.6) is 17.2 Å². The minimum atomic E-state index is -0.238. The van der Waals surface area contributed by atoms with E-state index in [1.807, 2.05) is 48.2 Å². The Bertz CT molecular complexity index is 1280. The molecule has 1 aliphatic heterocycles. The zero-order valence-electron chi connectivity index (χ0n) is 21.8. The van der Waals surface area contributed by atoms with Gasteiger partial charge in [0.05, 0.1) is 32.6 Å². The van der Waals surface area contributed by atoms with Crippen LogP contribution in [-0.4, -0.2) is 44.8 Å². The van der Waals surface area contributed by atoms with Gasteiger partial charge in [-0.3, -0.25) is 0 Å². The quantitative estimate of drug-likeness (QED) is 0.343. The van der Waals surface area contributed by atoms with Gasteiger partial charge in [0, 0.05) is 24.0 Å². The lowest BCUT2D eigenvalue weighted by Gasteiger charge is -2.38. The summed E-state index contributed by atoms with van der Waals surface area (Å²) in [5.41, 5.74) is 12.1. The van der Waals surface area contributed by atoms with Crippen molar-refractivity contribution in [3.05, 3.63) is 80.8 Å². The van der Waals surface area contributed by atoms with Crippen molar-refractivity contribution in [2.45, 2.75) is 32.7 Å². The summed E-state index contributed by atoms with van der Waals surface area (Å²) in [7, 11) is 3.26. The molecule has 0 saturated carbocycles. The molecule has 2 amide bonds. The number of halogens is 1. The monoisotopic (exact) mass is 567 g/mol. The minimum Gasteiger partial charge on any atom is -0.495 e. The third-order valence-electron chi connectivity index (χ3n) is 6.71. The number of carbonyl (C=O) groups is 1. The number of methoxy groups -OCH3 is 2. The number of aryl methyl sites for hydroxylation is 1. The maximum atomic E-state index is 13.1. The molecule has 8 heteroatoms. The summed E-state index contributed by atoms with van der Waals surface area (Å²) in [5.74, 6) is 2.00. The molecule has 1 unspecified atom stereocenters. The van der Waals surface area contributed by atoms with Gasteiger partial charge in [0.2, 0.25) is 0 Å². The van der Waals surface area contributed by atoms with Gasteiger partial charge in [-0.2, -0.15) is 0 Å². The van der Waals surface area contributed by atoms with Crippen LogP contribution in [0.4, 0.5) is 10.5 Å². The average Bonchev–Trinajstić information content (AvgIpc) is 2.88. The van der Waals surface area contributed by atoms with Crippen LogP contribution in [0.25, 0.3) is 0 Å². The van der Waals surface area contributed by atoms with Crippen molar-refractivity contribution in [3.8, 4) is 17.2 Å². The number of urea groups is 1. The number of anilines is 1. The second-order valence-corrected chi connectivity index (χ2v) is 9.97. The van der Waals surface area contributed by atoms with Crippen molar-refractivity contribution in [1.29, 1.82) is 0 Å². The molecule has 7 nitrogen and oxygen atoms in total.